The van der Waals surface area contributed by atoms with Crippen LogP contribution in [0.25, 0.3) is 21.3 Å². The number of rotatable bonds is 3. The summed E-state index contributed by atoms with van der Waals surface area (Å²) in [6.45, 7) is 0.159. The number of nitrogens with zero attached hydrogens (tertiary/aromatic N) is 5. The van der Waals surface area contributed by atoms with E-state index in [2.05, 4.69) is 21.0 Å². The van der Waals surface area contributed by atoms with Crippen molar-refractivity contribution in [2.24, 2.45) is 7.05 Å². The van der Waals surface area contributed by atoms with Crippen LogP contribution in [0.15, 0.2) is 35.4 Å². The molecule has 0 N–H and O–H groups in total. The summed E-state index contributed by atoms with van der Waals surface area (Å²) < 4.78 is 4.08. The molecule has 0 aliphatic heterocycles. The van der Waals surface area contributed by atoms with Gasteiger partial charge in [0.25, 0.3) is 5.56 Å². The Morgan fingerprint density at radius 2 is 2.25 bits per heavy atom. The number of aryl methyl sites for hydroxylation is 1. The standard InChI is InChI=1S/C17H13N5OS/c1-3-8-22-17(23)14-12(10-19-22)15-16(21(14)2)20-13(24-15)9-11-6-4-5-7-18-11/h1,4-7,10H,8-9H2,2H3. The summed E-state index contributed by atoms with van der Waals surface area (Å²) in [5, 5.41) is 5.95. The van der Waals surface area contributed by atoms with Gasteiger partial charge in [-0.2, -0.15) is 5.10 Å². The predicted octanol–water partition coefficient (Wildman–Crippen LogP) is 1.96. The quantitative estimate of drug-likeness (QED) is 0.537. The van der Waals surface area contributed by atoms with Crippen molar-refractivity contribution >= 4 is 32.6 Å². The van der Waals surface area contributed by atoms with Crippen molar-refractivity contribution in [3.05, 3.63) is 51.6 Å². The van der Waals surface area contributed by atoms with Crippen LogP contribution >= 0.6 is 11.3 Å². The summed E-state index contributed by atoms with van der Waals surface area (Å²) >= 11 is 1.57. The lowest BCUT2D eigenvalue weighted by molar-refractivity contribution is 0.668. The number of terminal acetylenes is 1. The van der Waals surface area contributed by atoms with Crippen molar-refractivity contribution in [2.75, 3.05) is 0 Å². The average Bonchev–Trinajstić information content (AvgIpc) is 3.10. The molecular formula is C17H13N5OS. The third kappa shape index (κ3) is 2.20. The van der Waals surface area contributed by atoms with Gasteiger partial charge in [0.1, 0.15) is 17.1 Å². The highest BCUT2D eigenvalue weighted by Gasteiger charge is 2.18. The Morgan fingerprint density at radius 1 is 1.38 bits per heavy atom. The Balaban J connectivity index is 1.87. The maximum absolute atomic E-state index is 12.5. The Bertz CT molecular complexity index is 1150. The molecule has 24 heavy (non-hydrogen) atoms. The molecule has 0 amide bonds. The highest BCUT2D eigenvalue weighted by atomic mass is 32.1. The number of aromatic nitrogens is 5. The lowest BCUT2D eigenvalue weighted by Crippen LogP contribution is -2.23. The van der Waals surface area contributed by atoms with Gasteiger partial charge in [-0.15, -0.1) is 17.8 Å². The van der Waals surface area contributed by atoms with E-state index in [-0.39, 0.29) is 12.1 Å². The largest absolute Gasteiger partial charge is 0.323 e. The van der Waals surface area contributed by atoms with Crippen molar-refractivity contribution < 1.29 is 0 Å². The monoisotopic (exact) mass is 335 g/mol. The lowest BCUT2D eigenvalue weighted by Gasteiger charge is -2.01. The average molecular weight is 335 g/mol. The molecule has 0 aliphatic carbocycles. The zero-order valence-corrected chi connectivity index (χ0v) is 13.7. The summed E-state index contributed by atoms with van der Waals surface area (Å²) in [6.07, 6.45) is 9.42. The maximum atomic E-state index is 12.5. The van der Waals surface area contributed by atoms with Crippen LogP contribution in [0.4, 0.5) is 0 Å². The molecule has 0 aromatic carbocycles. The molecule has 4 aromatic heterocycles. The van der Waals surface area contributed by atoms with E-state index in [0.717, 1.165) is 26.4 Å². The molecule has 118 valence electrons. The summed E-state index contributed by atoms with van der Waals surface area (Å²) in [6, 6.07) is 5.83. The Kier molecular flexibility index (Phi) is 3.40. The number of thiazole rings is 1. The smallest absolute Gasteiger partial charge is 0.292 e. The first-order chi connectivity index (χ1) is 11.7. The van der Waals surface area contributed by atoms with Crippen LogP contribution in [-0.4, -0.2) is 24.3 Å². The van der Waals surface area contributed by atoms with E-state index < -0.39 is 0 Å². The molecule has 0 spiro atoms. The van der Waals surface area contributed by atoms with Crippen molar-refractivity contribution in [1.82, 2.24) is 24.3 Å². The van der Waals surface area contributed by atoms with Gasteiger partial charge >= 0.3 is 0 Å². The second kappa shape index (κ2) is 5.58. The molecule has 0 bridgehead atoms. The first-order valence-electron chi connectivity index (χ1n) is 7.36. The molecule has 4 heterocycles. The van der Waals surface area contributed by atoms with Crippen molar-refractivity contribution in [1.29, 1.82) is 0 Å². The molecule has 7 heteroatoms. The minimum Gasteiger partial charge on any atom is -0.323 e. The SMILES string of the molecule is C#CCn1ncc2c3sc(Cc4ccccn4)nc3n(C)c2c1=O. The molecule has 6 nitrogen and oxygen atoms in total. The summed E-state index contributed by atoms with van der Waals surface area (Å²) in [7, 11) is 1.84. The maximum Gasteiger partial charge on any atom is 0.292 e. The second-order valence-corrected chi connectivity index (χ2v) is 6.47. The molecule has 0 fully saturated rings. The van der Waals surface area contributed by atoms with Crippen molar-refractivity contribution in [3.63, 3.8) is 0 Å². The van der Waals surface area contributed by atoms with Crippen LogP contribution < -0.4 is 5.56 Å². The zero-order valence-electron chi connectivity index (χ0n) is 12.9. The lowest BCUT2D eigenvalue weighted by atomic mass is 10.3. The number of hydrogen-bond donors (Lipinski definition) is 0. The van der Waals surface area contributed by atoms with Gasteiger partial charge in [-0.1, -0.05) is 12.0 Å². The fourth-order valence-corrected chi connectivity index (χ4v) is 3.89. The van der Waals surface area contributed by atoms with Gasteiger partial charge in [0.15, 0.2) is 5.65 Å². The molecule has 4 rings (SSSR count). The van der Waals surface area contributed by atoms with Crippen LogP contribution in [0, 0.1) is 12.3 Å². The summed E-state index contributed by atoms with van der Waals surface area (Å²) in [4.78, 5) is 21.6. The molecule has 0 saturated carbocycles. The molecule has 0 saturated heterocycles. The van der Waals surface area contributed by atoms with E-state index in [1.807, 2.05) is 29.8 Å². The summed E-state index contributed by atoms with van der Waals surface area (Å²) in [5.41, 5.74) is 2.15. The Hall–Kier alpha value is -2.98. The van der Waals surface area contributed by atoms with Crippen LogP contribution in [-0.2, 0) is 20.0 Å². The van der Waals surface area contributed by atoms with E-state index in [9.17, 15) is 4.79 Å². The van der Waals surface area contributed by atoms with Gasteiger partial charge in [0, 0.05) is 30.7 Å². The van der Waals surface area contributed by atoms with Gasteiger partial charge in [0.2, 0.25) is 0 Å². The van der Waals surface area contributed by atoms with Gasteiger partial charge in [-0.25, -0.2) is 9.67 Å². The third-order valence-corrected chi connectivity index (χ3v) is 4.95. The Labute approximate surface area is 141 Å². The first kappa shape index (κ1) is 14.6. The second-order valence-electron chi connectivity index (χ2n) is 5.39. The van der Waals surface area contributed by atoms with E-state index >= 15 is 0 Å². The Morgan fingerprint density at radius 3 is 3.00 bits per heavy atom. The summed E-state index contributed by atoms with van der Waals surface area (Å²) in [5.74, 6) is 2.44. The van der Waals surface area contributed by atoms with Gasteiger partial charge in [0.05, 0.1) is 10.9 Å². The van der Waals surface area contributed by atoms with Gasteiger partial charge in [-0.05, 0) is 12.1 Å². The molecule has 0 unspecified atom stereocenters. The zero-order chi connectivity index (χ0) is 16.7. The van der Waals surface area contributed by atoms with Crippen LogP contribution in [0.1, 0.15) is 10.7 Å². The highest BCUT2D eigenvalue weighted by Crippen LogP contribution is 2.31. The fraction of sp³-hybridized carbons (Fsp3) is 0.176. The molecular weight excluding hydrogens is 322 g/mol. The van der Waals surface area contributed by atoms with Crippen molar-refractivity contribution in [3.8, 4) is 12.3 Å². The van der Waals surface area contributed by atoms with E-state index in [4.69, 9.17) is 6.42 Å². The molecule has 0 radical (unpaired) electrons. The predicted molar refractivity (Wildman–Crippen MR) is 94.0 cm³/mol. The first-order valence-corrected chi connectivity index (χ1v) is 8.18. The topological polar surface area (TPSA) is 65.6 Å². The van der Waals surface area contributed by atoms with Gasteiger partial charge < -0.3 is 4.57 Å². The molecule has 4 aromatic rings. The minimum atomic E-state index is -0.190. The number of fused-ring (bicyclic) bond motifs is 3. The van der Waals surface area contributed by atoms with Crippen LogP contribution in [0.3, 0.4) is 0 Å². The van der Waals surface area contributed by atoms with Crippen molar-refractivity contribution in [2.45, 2.75) is 13.0 Å². The molecule has 0 atom stereocenters. The number of hydrogen-bond acceptors (Lipinski definition) is 5. The van der Waals surface area contributed by atoms with Crippen LogP contribution in [0.2, 0.25) is 0 Å². The number of pyridine rings is 1. The van der Waals surface area contributed by atoms with Gasteiger partial charge in [-0.3, -0.25) is 9.78 Å². The van der Waals surface area contributed by atoms with E-state index in [1.54, 1.807) is 23.7 Å². The highest BCUT2D eigenvalue weighted by molar-refractivity contribution is 7.19. The normalized spacial score (nSPS) is 11.2. The van der Waals surface area contributed by atoms with Crippen LogP contribution in [0.5, 0.6) is 0 Å². The fourth-order valence-electron chi connectivity index (χ4n) is 2.76. The minimum absolute atomic E-state index is 0.159. The van der Waals surface area contributed by atoms with E-state index in [1.165, 1.54) is 4.68 Å². The molecule has 0 aliphatic rings. The van der Waals surface area contributed by atoms with E-state index in [0.29, 0.717) is 11.9 Å². The third-order valence-electron chi connectivity index (χ3n) is 3.87.